The Kier molecular flexibility index (Phi) is 5.73. The highest BCUT2D eigenvalue weighted by molar-refractivity contribution is 6.00. The molecule has 148 valence electrons. The molecule has 2 aromatic carbocycles. The van der Waals surface area contributed by atoms with Gasteiger partial charge in [-0.3, -0.25) is 9.89 Å². The van der Waals surface area contributed by atoms with Gasteiger partial charge in [-0.25, -0.2) is 0 Å². The number of aromatic amines is 1. The summed E-state index contributed by atoms with van der Waals surface area (Å²) in [6.45, 7) is 5.66. The van der Waals surface area contributed by atoms with Crippen LogP contribution in [0.15, 0.2) is 42.5 Å². The van der Waals surface area contributed by atoms with Crippen molar-refractivity contribution in [2.75, 3.05) is 19.6 Å². The van der Waals surface area contributed by atoms with Crippen LogP contribution >= 0.6 is 0 Å². The van der Waals surface area contributed by atoms with Gasteiger partial charge < -0.3 is 4.90 Å². The summed E-state index contributed by atoms with van der Waals surface area (Å²) in [6.07, 6.45) is 3.75. The summed E-state index contributed by atoms with van der Waals surface area (Å²) >= 11 is 0. The van der Waals surface area contributed by atoms with Crippen LogP contribution in [0.2, 0.25) is 0 Å². The van der Waals surface area contributed by atoms with Gasteiger partial charge in [-0.15, -0.1) is 0 Å². The maximum atomic E-state index is 12.8. The van der Waals surface area contributed by atoms with Crippen molar-refractivity contribution in [3.8, 4) is 6.07 Å². The number of rotatable bonds is 6. The summed E-state index contributed by atoms with van der Waals surface area (Å²) in [4.78, 5) is 15.3. The van der Waals surface area contributed by atoms with Gasteiger partial charge in [0, 0.05) is 29.0 Å². The fourth-order valence-corrected chi connectivity index (χ4v) is 4.36. The molecule has 2 heterocycles. The molecular weight excluding hydrogens is 360 g/mol. The average molecular weight is 386 g/mol. The van der Waals surface area contributed by atoms with Gasteiger partial charge in [0.25, 0.3) is 0 Å². The molecular formula is C24H26N4O. The maximum Gasteiger partial charge on any atom is 0.168 e. The summed E-state index contributed by atoms with van der Waals surface area (Å²) in [6, 6.07) is 15.2. The Bertz CT molecular complexity index is 1050. The predicted octanol–water partition coefficient (Wildman–Crippen LogP) is 4.45. The molecule has 0 unspecified atom stereocenters. The first-order valence-electron chi connectivity index (χ1n) is 10.4. The number of carbonyl (C=O) groups excluding carboxylic acids is 1. The minimum atomic E-state index is -0.0283. The zero-order chi connectivity index (χ0) is 20.2. The number of piperidine rings is 1. The monoisotopic (exact) mass is 386 g/mol. The summed E-state index contributed by atoms with van der Waals surface area (Å²) in [5, 5.41) is 18.1. The van der Waals surface area contributed by atoms with Crippen molar-refractivity contribution in [3.05, 3.63) is 64.8 Å². The van der Waals surface area contributed by atoms with Gasteiger partial charge in [-0.1, -0.05) is 31.2 Å². The molecule has 1 aliphatic heterocycles. The number of aromatic nitrogens is 2. The van der Waals surface area contributed by atoms with Gasteiger partial charge in [0.2, 0.25) is 0 Å². The first kappa shape index (κ1) is 19.4. The molecule has 1 fully saturated rings. The van der Waals surface area contributed by atoms with Crippen LogP contribution in [0.5, 0.6) is 0 Å². The first-order chi connectivity index (χ1) is 14.2. The number of nitrogens with zero attached hydrogens (tertiary/aromatic N) is 3. The van der Waals surface area contributed by atoms with Crippen molar-refractivity contribution < 1.29 is 4.79 Å². The van der Waals surface area contributed by atoms with Gasteiger partial charge in [-0.2, -0.15) is 10.4 Å². The van der Waals surface area contributed by atoms with Crippen molar-refractivity contribution in [2.24, 2.45) is 0 Å². The number of nitriles is 1. The summed E-state index contributed by atoms with van der Waals surface area (Å²) < 4.78 is 0. The molecule has 0 spiro atoms. The van der Waals surface area contributed by atoms with E-state index in [0.29, 0.717) is 17.0 Å². The second kappa shape index (κ2) is 8.59. The molecule has 1 aliphatic rings. The lowest BCUT2D eigenvalue weighted by molar-refractivity contribution is 0.0993. The quantitative estimate of drug-likeness (QED) is 0.635. The maximum absolute atomic E-state index is 12.8. The highest BCUT2D eigenvalue weighted by Crippen LogP contribution is 2.32. The van der Waals surface area contributed by atoms with E-state index in [4.69, 9.17) is 0 Å². The lowest BCUT2D eigenvalue weighted by atomic mass is 9.90. The van der Waals surface area contributed by atoms with E-state index in [0.717, 1.165) is 42.4 Å². The topological polar surface area (TPSA) is 72.8 Å². The number of likely N-dealkylation sites (tertiary alicyclic amines) is 1. The largest absolute Gasteiger partial charge is 0.303 e. The first-order valence-corrected chi connectivity index (χ1v) is 10.4. The highest BCUT2D eigenvalue weighted by atomic mass is 16.1. The Hall–Kier alpha value is -2.97. The number of nitrogens with one attached hydrogen (secondary N) is 1. The van der Waals surface area contributed by atoms with Gasteiger partial charge in [0.05, 0.1) is 17.1 Å². The van der Waals surface area contributed by atoms with E-state index in [-0.39, 0.29) is 12.2 Å². The lowest BCUT2D eigenvalue weighted by Crippen LogP contribution is -2.33. The van der Waals surface area contributed by atoms with E-state index in [1.54, 1.807) is 24.3 Å². The van der Waals surface area contributed by atoms with E-state index < -0.39 is 0 Å². The van der Waals surface area contributed by atoms with Crippen LogP contribution in [0.4, 0.5) is 0 Å². The number of benzene rings is 2. The van der Waals surface area contributed by atoms with E-state index in [1.165, 1.54) is 18.7 Å². The van der Waals surface area contributed by atoms with Gasteiger partial charge in [0.15, 0.2) is 5.78 Å². The Balaban J connectivity index is 1.55. The molecule has 1 aromatic heterocycles. The zero-order valence-electron chi connectivity index (χ0n) is 16.8. The second-order valence-electron chi connectivity index (χ2n) is 7.86. The molecule has 0 amide bonds. The second-order valence-corrected chi connectivity index (χ2v) is 7.86. The van der Waals surface area contributed by atoms with Crippen molar-refractivity contribution in [1.82, 2.24) is 15.1 Å². The third-order valence-electron chi connectivity index (χ3n) is 5.90. The average Bonchev–Trinajstić information content (AvgIpc) is 3.17. The molecule has 5 nitrogen and oxygen atoms in total. The van der Waals surface area contributed by atoms with Gasteiger partial charge >= 0.3 is 0 Å². The van der Waals surface area contributed by atoms with Crippen LogP contribution < -0.4 is 0 Å². The Morgan fingerprint density at radius 2 is 2.03 bits per heavy atom. The third kappa shape index (κ3) is 4.08. The molecule has 0 aliphatic carbocycles. The molecule has 0 saturated carbocycles. The van der Waals surface area contributed by atoms with E-state index in [2.05, 4.69) is 34.2 Å². The molecule has 1 N–H and O–H groups in total. The third-order valence-corrected chi connectivity index (χ3v) is 5.90. The minimum Gasteiger partial charge on any atom is -0.303 e. The van der Waals surface area contributed by atoms with Crippen LogP contribution in [0.3, 0.4) is 0 Å². The van der Waals surface area contributed by atoms with Crippen molar-refractivity contribution >= 4 is 16.7 Å². The number of hydrogen-bond donors (Lipinski definition) is 1. The molecule has 5 heteroatoms. The number of carbonyl (C=O) groups is 1. The molecule has 3 aromatic rings. The summed E-state index contributed by atoms with van der Waals surface area (Å²) in [7, 11) is 0. The summed E-state index contributed by atoms with van der Waals surface area (Å²) in [5.41, 5.74) is 4.03. The normalized spacial score (nSPS) is 15.4. The summed E-state index contributed by atoms with van der Waals surface area (Å²) in [5.74, 6) is 0.456. The van der Waals surface area contributed by atoms with Gasteiger partial charge in [0.1, 0.15) is 0 Å². The number of H-pyrrole nitrogens is 1. The van der Waals surface area contributed by atoms with Crippen molar-refractivity contribution in [2.45, 2.75) is 38.5 Å². The molecule has 1 saturated heterocycles. The standard InChI is InChI=1S/C24H26N4O/c1-2-11-28-12-9-18(10-13-28)24-21-14-17(7-8-22(21)26-27-24)15-23(29)20-6-4-3-5-19(20)16-25/h3-8,14,18H,2,9-13,15H2,1H3,(H,26,27). The Morgan fingerprint density at radius 1 is 1.24 bits per heavy atom. The Morgan fingerprint density at radius 3 is 2.79 bits per heavy atom. The number of ketones is 1. The van der Waals surface area contributed by atoms with Crippen molar-refractivity contribution in [1.29, 1.82) is 5.26 Å². The molecule has 0 atom stereocenters. The Labute approximate surface area is 171 Å². The van der Waals surface area contributed by atoms with Crippen LogP contribution in [-0.4, -0.2) is 40.5 Å². The predicted molar refractivity (Wildman–Crippen MR) is 114 cm³/mol. The minimum absolute atomic E-state index is 0.0283. The van der Waals surface area contributed by atoms with Crippen LogP contribution in [-0.2, 0) is 6.42 Å². The van der Waals surface area contributed by atoms with Crippen LogP contribution in [0.1, 0.15) is 59.3 Å². The van der Waals surface area contributed by atoms with E-state index in [9.17, 15) is 10.1 Å². The van der Waals surface area contributed by atoms with Gasteiger partial charge in [-0.05, 0) is 62.7 Å². The molecule has 29 heavy (non-hydrogen) atoms. The number of Topliss-reactive ketones (excluding diaryl/α,β-unsaturated/α-hetero) is 1. The highest BCUT2D eigenvalue weighted by Gasteiger charge is 2.23. The smallest absolute Gasteiger partial charge is 0.168 e. The lowest BCUT2D eigenvalue weighted by Gasteiger charge is -2.31. The molecule has 0 radical (unpaired) electrons. The molecule has 4 rings (SSSR count). The fraction of sp³-hybridized carbons (Fsp3) is 0.375. The number of fused-ring (bicyclic) bond motifs is 1. The zero-order valence-corrected chi connectivity index (χ0v) is 16.8. The van der Waals surface area contributed by atoms with Crippen LogP contribution in [0.25, 0.3) is 10.9 Å². The van der Waals surface area contributed by atoms with E-state index >= 15 is 0 Å². The van der Waals surface area contributed by atoms with E-state index in [1.807, 2.05) is 12.1 Å². The SMILES string of the molecule is CCCN1CCC(c2[nH]nc3ccc(CC(=O)c4ccccc4C#N)cc23)CC1. The number of hydrogen-bond acceptors (Lipinski definition) is 4. The van der Waals surface area contributed by atoms with Crippen molar-refractivity contribution in [3.63, 3.8) is 0 Å². The molecule has 0 bridgehead atoms. The van der Waals surface area contributed by atoms with Crippen LogP contribution in [0, 0.1) is 11.3 Å². The fourth-order valence-electron chi connectivity index (χ4n) is 4.36.